The zero-order valence-electron chi connectivity index (χ0n) is 8.86. The van der Waals surface area contributed by atoms with E-state index in [1.54, 1.807) is 0 Å². The predicted molar refractivity (Wildman–Crippen MR) is 74.9 cm³/mol. The summed E-state index contributed by atoms with van der Waals surface area (Å²) in [6.45, 7) is 0. The molecular weight excluding hydrogens is 320 g/mol. The normalized spacial score (nSPS) is 19.6. The predicted octanol–water partition coefficient (Wildman–Crippen LogP) is 4.54. The molecular formula is C13H10BrClOS. The molecule has 0 amide bonds. The highest BCUT2D eigenvalue weighted by Gasteiger charge is 2.33. The first-order chi connectivity index (χ1) is 8.16. The van der Waals surface area contributed by atoms with Crippen LogP contribution in [0, 0.1) is 0 Å². The van der Waals surface area contributed by atoms with Gasteiger partial charge in [0.05, 0.1) is 14.9 Å². The van der Waals surface area contributed by atoms with Crippen LogP contribution in [0.3, 0.4) is 0 Å². The molecule has 0 saturated carbocycles. The Kier molecular flexibility index (Phi) is 3.03. The largest absolute Gasteiger partial charge is 0.387 e. The van der Waals surface area contributed by atoms with E-state index in [1.807, 2.05) is 18.2 Å². The lowest BCUT2D eigenvalue weighted by molar-refractivity contribution is 0.138. The molecule has 0 fully saturated rings. The molecule has 2 aromatic rings. The van der Waals surface area contributed by atoms with Gasteiger partial charge >= 0.3 is 0 Å². The minimum atomic E-state index is -0.446. The van der Waals surface area contributed by atoms with Gasteiger partial charge < -0.3 is 5.11 Å². The molecule has 1 nitrogen and oxygen atoms in total. The fraction of sp³-hybridized carbons (Fsp3) is 0.231. The highest BCUT2D eigenvalue weighted by atomic mass is 79.9. The summed E-state index contributed by atoms with van der Waals surface area (Å²) < 4.78 is 0.890. The molecule has 0 saturated heterocycles. The summed E-state index contributed by atoms with van der Waals surface area (Å²) in [6.07, 6.45) is 0.503. The molecule has 1 aliphatic rings. The molecule has 1 aliphatic carbocycles. The molecule has 3 rings (SSSR count). The van der Waals surface area contributed by atoms with Crippen LogP contribution in [0.25, 0.3) is 0 Å². The summed E-state index contributed by atoms with van der Waals surface area (Å²) in [7, 11) is 0. The summed E-state index contributed by atoms with van der Waals surface area (Å²) in [5.41, 5.74) is 2.61. The van der Waals surface area contributed by atoms with Crippen LogP contribution in [0.2, 0.25) is 5.02 Å². The molecule has 4 heteroatoms. The van der Waals surface area contributed by atoms with E-state index in [0.717, 1.165) is 15.1 Å². The summed E-state index contributed by atoms with van der Waals surface area (Å²) >= 11 is 10.9. The third kappa shape index (κ3) is 1.95. The Hall–Kier alpha value is -0.350. The van der Waals surface area contributed by atoms with Crippen molar-refractivity contribution >= 4 is 38.9 Å². The second-order valence-electron chi connectivity index (χ2n) is 4.22. The van der Waals surface area contributed by atoms with Gasteiger partial charge in [0.15, 0.2) is 0 Å². The van der Waals surface area contributed by atoms with Gasteiger partial charge in [-0.2, -0.15) is 0 Å². The molecule has 0 radical (unpaired) electrons. The van der Waals surface area contributed by atoms with Crippen molar-refractivity contribution < 1.29 is 5.11 Å². The molecule has 0 spiro atoms. The second kappa shape index (κ2) is 4.39. The molecule has 2 atom stereocenters. The van der Waals surface area contributed by atoms with E-state index in [4.69, 9.17) is 11.6 Å². The first kappa shape index (κ1) is 11.7. The van der Waals surface area contributed by atoms with E-state index in [1.165, 1.54) is 22.5 Å². The van der Waals surface area contributed by atoms with Gasteiger partial charge in [0, 0.05) is 10.8 Å². The lowest BCUT2D eigenvalue weighted by Crippen LogP contribution is -2.22. The van der Waals surface area contributed by atoms with Gasteiger partial charge in [0.2, 0.25) is 0 Å². The van der Waals surface area contributed by atoms with Crippen molar-refractivity contribution in [3.8, 4) is 0 Å². The van der Waals surface area contributed by atoms with Crippen molar-refractivity contribution in [3.63, 3.8) is 0 Å². The van der Waals surface area contributed by atoms with Gasteiger partial charge in [0.25, 0.3) is 0 Å². The smallest absolute Gasteiger partial charge is 0.0954 e. The maximum absolute atomic E-state index is 10.4. The molecule has 1 heterocycles. The van der Waals surface area contributed by atoms with Crippen LogP contribution in [0.4, 0.5) is 0 Å². The molecule has 1 aromatic carbocycles. The molecule has 1 aromatic heterocycles. The number of hydrogen-bond acceptors (Lipinski definition) is 2. The maximum atomic E-state index is 10.4. The number of fused-ring (bicyclic) bond motifs is 1. The molecule has 2 unspecified atom stereocenters. The van der Waals surface area contributed by atoms with Crippen molar-refractivity contribution in [2.24, 2.45) is 0 Å². The van der Waals surface area contributed by atoms with Gasteiger partial charge in [0.1, 0.15) is 0 Å². The fourth-order valence-corrected chi connectivity index (χ4v) is 4.08. The first-order valence-corrected chi connectivity index (χ1v) is 7.36. The lowest BCUT2D eigenvalue weighted by atomic mass is 9.74. The third-order valence-corrected chi connectivity index (χ3v) is 5.78. The van der Waals surface area contributed by atoms with Crippen LogP contribution in [-0.4, -0.2) is 5.11 Å². The van der Waals surface area contributed by atoms with Crippen LogP contribution < -0.4 is 0 Å². The maximum Gasteiger partial charge on any atom is 0.0954 e. The van der Waals surface area contributed by atoms with Crippen molar-refractivity contribution in [2.45, 2.75) is 18.4 Å². The summed E-state index contributed by atoms with van der Waals surface area (Å²) in [4.78, 5) is 0.932. The van der Waals surface area contributed by atoms with Crippen LogP contribution >= 0.6 is 38.9 Å². The quantitative estimate of drug-likeness (QED) is 0.858. The minimum absolute atomic E-state index is 0.216. The van der Waals surface area contributed by atoms with E-state index in [9.17, 15) is 5.11 Å². The zero-order valence-corrected chi connectivity index (χ0v) is 12.0. The van der Waals surface area contributed by atoms with E-state index in [0.29, 0.717) is 5.02 Å². The van der Waals surface area contributed by atoms with Crippen LogP contribution in [-0.2, 0) is 6.42 Å². The highest BCUT2D eigenvalue weighted by Crippen LogP contribution is 2.46. The third-order valence-electron chi connectivity index (χ3n) is 3.23. The topological polar surface area (TPSA) is 20.2 Å². The molecule has 88 valence electrons. The van der Waals surface area contributed by atoms with Crippen molar-refractivity contribution in [1.29, 1.82) is 0 Å². The van der Waals surface area contributed by atoms with E-state index in [-0.39, 0.29) is 5.92 Å². The standard InChI is InChI=1S/C13H10BrClOS/c14-13-10(15)6-11(17-13)12(16)9-5-7-3-1-2-4-8(7)9/h1-4,6,9,12,16H,5H2. The van der Waals surface area contributed by atoms with Gasteiger partial charge in [-0.1, -0.05) is 35.9 Å². The minimum Gasteiger partial charge on any atom is -0.387 e. The monoisotopic (exact) mass is 328 g/mol. The molecule has 0 aliphatic heterocycles. The Bertz CT molecular complexity index is 547. The number of aliphatic hydroxyl groups is 1. The van der Waals surface area contributed by atoms with Gasteiger partial charge in [-0.25, -0.2) is 0 Å². The fourth-order valence-electron chi connectivity index (χ4n) is 2.29. The summed E-state index contributed by atoms with van der Waals surface area (Å²) in [5, 5.41) is 11.0. The Morgan fingerprint density at radius 3 is 2.82 bits per heavy atom. The Morgan fingerprint density at radius 2 is 2.18 bits per heavy atom. The van der Waals surface area contributed by atoms with Gasteiger partial charge in [-0.05, 0) is 39.5 Å². The number of hydrogen-bond donors (Lipinski definition) is 1. The zero-order chi connectivity index (χ0) is 12.0. The Balaban J connectivity index is 1.88. The number of benzene rings is 1. The Labute approximate surface area is 117 Å². The number of thiophene rings is 1. The summed E-state index contributed by atoms with van der Waals surface area (Å²) in [6, 6.07) is 10.1. The van der Waals surface area contributed by atoms with Crippen molar-refractivity contribution in [3.05, 3.63) is 55.1 Å². The number of halogens is 2. The van der Waals surface area contributed by atoms with Crippen molar-refractivity contribution in [2.75, 3.05) is 0 Å². The number of rotatable bonds is 2. The molecule has 1 N–H and O–H groups in total. The van der Waals surface area contributed by atoms with Crippen molar-refractivity contribution in [1.82, 2.24) is 0 Å². The van der Waals surface area contributed by atoms with Crippen LogP contribution in [0.1, 0.15) is 28.0 Å². The van der Waals surface area contributed by atoms with Crippen LogP contribution in [0.15, 0.2) is 34.1 Å². The van der Waals surface area contributed by atoms with E-state index < -0.39 is 6.10 Å². The second-order valence-corrected chi connectivity index (χ2v) is 7.03. The van der Waals surface area contributed by atoms with Gasteiger partial charge in [-0.15, -0.1) is 11.3 Å². The number of aliphatic hydroxyl groups excluding tert-OH is 1. The SMILES string of the molecule is OC(c1cc(Cl)c(Br)s1)C1Cc2ccccc21. The first-order valence-electron chi connectivity index (χ1n) is 5.37. The highest BCUT2D eigenvalue weighted by molar-refractivity contribution is 9.11. The average molecular weight is 330 g/mol. The van der Waals surface area contributed by atoms with E-state index in [2.05, 4.69) is 28.1 Å². The average Bonchev–Trinajstić information content (AvgIpc) is 2.61. The van der Waals surface area contributed by atoms with Gasteiger partial charge in [-0.3, -0.25) is 0 Å². The van der Waals surface area contributed by atoms with E-state index >= 15 is 0 Å². The molecule has 17 heavy (non-hydrogen) atoms. The summed E-state index contributed by atoms with van der Waals surface area (Å²) in [5.74, 6) is 0.216. The molecule has 0 bridgehead atoms. The lowest BCUT2D eigenvalue weighted by Gasteiger charge is -2.33. The van der Waals surface area contributed by atoms with Crippen LogP contribution in [0.5, 0.6) is 0 Å². The Morgan fingerprint density at radius 1 is 1.41 bits per heavy atom.